The van der Waals surface area contributed by atoms with Crippen molar-refractivity contribution >= 4 is 15.9 Å². The van der Waals surface area contributed by atoms with Gasteiger partial charge in [-0.15, -0.1) is 0 Å². The van der Waals surface area contributed by atoms with Crippen molar-refractivity contribution in [1.29, 1.82) is 0 Å². The average Bonchev–Trinajstić information content (AvgIpc) is 3.01. The summed E-state index contributed by atoms with van der Waals surface area (Å²) >= 11 is 0. The van der Waals surface area contributed by atoms with Crippen LogP contribution >= 0.6 is 0 Å². The molecule has 0 spiro atoms. The van der Waals surface area contributed by atoms with Crippen LogP contribution in [0.2, 0.25) is 0 Å². The van der Waals surface area contributed by atoms with Crippen molar-refractivity contribution in [1.82, 2.24) is 10.0 Å². The summed E-state index contributed by atoms with van der Waals surface area (Å²) in [7, 11) is -4.02. The van der Waals surface area contributed by atoms with Gasteiger partial charge in [0.05, 0.1) is 24.2 Å². The van der Waals surface area contributed by atoms with E-state index in [4.69, 9.17) is 14.2 Å². The number of amides is 1. The smallest absolute Gasteiger partial charge is 0.241 e. The Hall–Kier alpha value is -2.85. The van der Waals surface area contributed by atoms with E-state index in [-0.39, 0.29) is 23.2 Å². The minimum Gasteiger partial charge on any atom is -0.490 e. The van der Waals surface area contributed by atoms with Crippen molar-refractivity contribution in [3.05, 3.63) is 48.3 Å². The fraction of sp³-hybridized carbons (Fsp3) is 0.435. The topological polar surface area (TPSA) is 103 Å². The van der Waals surface area contributed by atoms with Crippen LogP contribution in [0.25, 0.3) is 0 Å². The van der Waals surface area contributed by atoms with Gasteiger partial charge >= 0.3 is 0 Å². The Labute approximate surface area is 193 Å². The lowest BCUT2D eigenvalue weighted by Crippen LogP contribution is -2.52. The highest BCUT2D eigenvalue weighted by Gasteiger charge is 2.30. The maximum atomic E-state index is 13.7. The van der Waals surface area contributed by atoms with Crippen LogP contribution in [0, 0.1) is 11.7 Å². The van der Waals surface area contributed by atoms with Gasteiger partial charge in [0.1, 0.15) is 12.6 Å². The molecule has 33 heavy (non-hydrogen) atoms. The van der Waals surface area contributed by atoms with Crippen molar-refractivity contribution in [2.75, 3.05) is 19.8 Å². The summed E-state index contributed by atoms with van der Waals surface area (Å²) in [6.45, 7) is 6.10. The van der Waals surface area contributed by atoms with Crippen LogP contribution in [0.4, 0.5) is 4.39 Å². The van der Waals surface area contributed by atoms with E-state index >= 15 is 0 Å². The maximum absolute atomic E-state index is 13.7. The molecule has 0 saturated heterocycles. The zero-order valence-electron chi connectivity index (χ0n) is 18.8. The number of hydrogen-bond acceptors (Lipinski definition) is 6. The fourth-order valence-corrected chi connectivity index (χ4v) is 4.55. The molecule has 1 heterocycles. The van der Waals surface area contributed by atoms with Crippen molar-refractivity contribution < 1.29 is 31.8 Å². The number of hydrogen-bond donors (Lipinski definition) is 2. The zero-order chi connectivity index (χ0) is 24.0. The van der Waals surface area contributed by atoms with Gasteiger partial charge in [0.15, 0.2) is 23.1 Å². The van der Waals surface area contributed by atoms with Gasteiger partial charge < -0.3 is 19.5 Å². The summed E-state index contributed by atoms with van der Waals surface area (Å²) in [6.07, 6.45) is 0.698. The van der Waals surface area contributed by atoms with Gasteiger partial charge in [0.25, 0.3) is 0 Å². The third kappa shape index (κ3) is 6.58. The first-order chi connectivity index (χ1) is 15.7. The highest BCUT2D eigenvalue weighted by Crippen LogP contribution is 2.32. The largest absolute Gasteiger partial charge is 0.490 e. The summed E-state index contributed by atoms with van der Waals surface area (Å²) in [4.78, 5) is 12.8. The average molecular weight is 481 g/mol. The number of rotatable bonds is 9. The Morgan fingerprint density at radius 3 is 2.48 bits per heavy atom. The summed E-state index contributed by atoms with van der Waals surface area (Å²) in [5, 5.41) is 2.73. The fourth-order valence-electron chi connectivity index (χ4n) is 3.19. The van der Waals surface area contributed by atoms with Gasteiger partial charge in [-0.05, 0) is 37.1 Å². The molecule has 0 bridgehead atoms. The second-order valence-electron chi connectivity index (χ2n) is 8.15. The normalized spacial score (nSPS) is 15.4. The molecule has 1 amide bonds. The van der Waals surface area contributed by atoms with E-state index < -0.39 is 33.8 Å². The molecule has 180 valence electrons. The molecule has 0 aromatic heterocycles. The number of ether oxygens (including phenoxy) is 3. The number of sulfonamides is 1. The summed E-state index contributed by atoms with van der Waals surface area (Å²) in [6, 6.07) is 8.80. The van der Waals surface area contributed by atoms with Gasteiger partial charge in [-0.1, -0.05) is 26.0 Å². The van der Waals surface area contributed by atoms with Crippen LogP contribution in [-0.4, -0.2) is 46.2 Å². The molecular formula is C23H29FN2O6S. The van der Waals surface area contributed by atoms with Crippen molar-refractivity contribution in [3.63, 3.8) is 0 Å². The first kappa shape index (κ1) is 24.8. The Morgan fingerprint density at radius 1 is 1.09 bits per heavy atom. The SMILES string of the molecule is CC(COc1ccccc1F)NC(=O)C(NS(=O)(=O)c1ccc2c(c1)OCCCO2)C(C)C. The van der Waals surface area contributed by atoms with E-state index in [0.717, 1.165) is 0 Å². The van der Waals surface area contributed by atoms with Gasteiger partial charge in [-0.25, -0.2) is 12.8 Å². The highest BCUT2D eigenvalue weighted by molar-refractivity contribution is 7.89. The number of halogens is 1. The van der Waals surface area contributed by atoms with Gasteiger partial charge in [-0.3, -0.25) is 4.79 Å². The monoisotopic (exact) mass is 480 g/mol. The molecule has 2 atom stereocenters. The molecule has 0 aliphatic carbocycles. The highest BCUT2D eigenvalue weighted by atomic mass is 32.2. The van der Waals surface area contributed by atoms with Gasteiger partial charge in [0, 0.05) is 12.5 Å². The summed E-state index contributed by atoms with van der Waals surface area (Å²) in [5.41, 5.74) is 0. The molecule has 2 N–H and O–H groups in total. The zero-order valence-corrected chi connectivity index (χ0v) is 19.7. The third-order valence-electron chi connectivity index (χ3n) is 4.97. The number of benzene rings is 2. The van der Waals surface area contributed by atoms with E-state index in [2.05, 4.69) is 10.0 Å². The van der Waals surface area contributed by atoms with Gasteiger partial charge in [-0.2, -0.15) is 4.72 Å². The van der Waals surface area contributed by atoms with E-state index in [1.807, 2.05) is 0 Å². The molecule has 0 radical (unpaired) electrons. The molecule has 0 saturated carbocycles. The third-order valence-corrected chi connectivity index (χ3v) is 6.41. The molecule has 8 nitrogen and oxygen atoms in total. The Balaban J connectivity index is 1.66. The molecule has 2 unspecified atom stereocenters. The molecule has 3 rings (SSSR count). The van der Waals surface area contributed by atoms with E-state index in [1.54, 1.807) is 39.0 Å². The number of carbonyl (C=O) groups excluding carboxylic acids is 1. The standard InChI is InChI=1S/C23H29FN2O6S/c1-15(2)22(23(27)25-16(3)14-32-19-8-5-4-7-18(19)24)26-33(28,29)17-9-10-20-21(13-17)31-12-6-11-30-20/h4-5,7-10,13,15-16,22,26H,6,11-12,14H2,1-3H3,(H,25,27). The van der Waals surface area contributed by atoms with Crippen molar-refractivity contribution in [2.45, 2.75) is 44.2 Å². The minimum atomic E-state index is -4.02. The maximum Gasteiger partial charge on any atom is 0.241 e. The van der Waals surface area contributed by atoms with Crippen LogP contribution < -0.4 is 24.2 Å². The lowest BCUT2D eigenvalue weighted by atomic mass is 10.0. The summed E-state index contributed by atoms with van der Waals surface area (Å²) < 4.78 is 58.7. The number of fused-ring (bicyclic) bond motifs is 1. The van der Waals surface area contributed by atoms with Crippen LogP contribution in [-0.2, 0) is 14.8 Å². The lowest BCUT2D eigenvalue weighted by molar-refractivity contribution is -0.124. The number of para-hydroxylation sites is 1. The quantitative estimate of drug-likeness (QED) is 0.572. The number of carbonyl (C=O) groups is 1. The Bertz CT molecular complexity index is 1080. The first-order valence-corrected chi connectivity index (χ1v) is 12.3. The molecule has 1 aliphatic rings. The number of nitrogens with one attached hydrogen (secondary N) is 2. The van der Waals surface area contributed by atoms with Crippen LogP contribution in [0.15, 0.2) is 47.4 Å². The molecule has 0 fully saturated rings. The van der Waals surface area contributed by atoms with Crippen molar-refractivity contribution in [2.24, 2.45) is 5.92 Å². The second-order valence-corrected chi connectivity index (χ2v) is 9.87. The van der Waals surface area contributed by atoms with Crippen molar-refractivity contribution in [3.8, 4) is 17.2 Å². The first-order valence-electron chi connectivity index (χ1n) is 10.8. The molecular weight excluding hydrogens is 451 g/mol. The molecule has 1 aliphatic heterocycles. The van der Waals surface area contributed by atoms with Crippen LogP contribution in [0.5, 0.6) is 17.2 Å². The molecule has 2 aromatic carbocycles. The molecule has 2 aromatic rings. The minimum absolute atomic E-state index is 0.0202. The van der Waals surface area contributed by atoms with Crippen LogP contribution in [0.3, 0.4) is 0 Å². The predicted octanol–water partition coefficient (Wildman–Crippen LogP) is 2.87. The summed E-state index contributed by atoms with van der Waals surface area (Å²) in [5.74, 6) is -0.436. The molecule has 10 heteroatoms. The lowest BCUT2D eigenvalue weighted by Gasteiger charge is -2.24. The van der Waals surface area contributed by atoms with E-state index in [1.165, 1.54) is 24.3 Å². The van der Waals surface area contributed by atoms with Crippen LogP contribution in [0.1, 0.15) is 27.2 Å². The Kier molecular flexibility index (Phi) is 8.15. The van der Waals surface area contributed by atoms with E-state index in [9.17, 15) is 17.6 Å². The second kappa shape index (κ2) is 10.8. The van der Waals surface area contributed by atoms with Gasteiger partial charge in [0.2, 0.25) is 15.9 Å². The predicted molar refractivity (Wildman–Crippen MR) is 120 cm³/mol. The van der Waals surface area contributed by atoms with E-state index in [0.29, 0.717) is 31.1 Å². The Morgan fingerprint density at radius 2 is 1.79 bits per heavy atom.